The van der Waals surface area contributed by atoms with Crippen LogP contribution in [0, 0.1) is 5.82 Å². The predicted octanol–water partition coefficient (Wildman–Crippen LogP) is 5.49. The Morgan fingerprint density at radius 1 is 1.03 bits per heavy atom. The molecule has 0 amide bonds. The number of thioether (sulfide) groups is 1. The first-order valence-electron chi connectivity index (χ1n) is 10.2. The van der Waals surface area contributed by atoms with Gasteiger partial charge in [0.15, 0.2) is 11.0 Å². The number of nitrogens with one attached hydrogen (secondary N) is 1. The molecule has 4 rings (SSSR count). The van der Waals surface area contributed by atoms with Gasteiger partial charge in [-0.15, -0.1) is 10.2 Å². The summed E-state index contributed by atoms with van der Waals surface area (Å²) < 4.78 is 48.2. The molecule has 0 radical (unpaired) electrons. The largest absolute Gasteiger partial charge is 0.497 e. The highest BCUT2D eigenvalue weighted by Gasteiger charge is 2.20. The molecule has 0 bridgehead atoms. The minimum atomic E-state index is -3.84. The third kappa shape index (κ3) is 6.14. The van der Waals surface area contributed by atoms with E-state index in [4.69, 9.17) is 27.9 Å². The topological polar surface area (TPSA) is 86.1 Å². The quantitative estimate of drug-likeness (QED) is 0.276. The Hall–Kier alpha value is -2.63. The van der Waals surface area contributed by atoms with E-state index in [1.54, 1.807) is 47.0 Å². The Kier molecular flexibility index (Phi) is 7.98. The van der Waals surface area contributed by atoms with Crippen molar-refractivity contribution < 1.29 is 17.5 Å². The summed E-state index contributed by atoms with van der Waals surface area (Å²) >= 11 is 14.0. The third-order valence-corrected chi connectivity index (χ3v) is 7.89. The van der Waals surface area contributed by atoms with Crippen LogP contribution < -0.4 is 9.46 Å². The first-order valence-corrected chi connectivity index (χ1v) is 13.4. The number of nitrogens with zero attached hydrogens (tertiary/aromatic N) is 3. The summed E-state index contributed by atoms with van der Waals surface area (Å²) in [7, 11) is -2.34. The van der Waals surface area contributed by atoms with Crippen molar-refractivity contribution in [2.75, 3.05) is 7.11 Å². The highest BCUT2D eigenvalue weighted by molar-refractivity contribution is 7.98. The maximum Gasteiger partial charge on any atom is 0.240 e. The summed E-state index contributed by atoms with van der Waals surface area (Å²) in [4.78, 5) is 0.0797. The van der Waals surface area contributed by atoms with Crippen LogP contribution in [-0.2, 0) is 22.3 Å². The molecule has 4 aromatic rings. The second-order valence-electron chi connectivity index (χ2n) is 7.25. The lowest BCUT2D eigenvalue weighted by molar-refractivity contribution is 0.414. The maximum atomic E-state index is 13.2. The molecule has 0 unspecified atom stereocenters. The fourth-order valence-corrected chi connectivity index (χ4v) is 5.40. The van der Waals surface area contributed by atoms with Gasteiger partial charge >= 0.3 is 0 Å². The van der Waals surface area contributed by atoms with Crippen LogP contribution in [0.4, 0.5) is 4.39 Å². The normalized spacial score (nSPS) is 11.5. The zero-order valence-electron chi connectivity index (χ0n) is 18.3. The van der Waals surface area contributed by atoms with Crippen molar-refractivity contribution in [3.8, 4) is 11.4 Å². The van der Waals surface area contributed by atoms with E-state index in [1.807, 2.05) is 0 Å². The number of methoxy groups -OCH3 is 1. The average molecular weight is 553 g/mol. The van der Waals surface area contributed by atoms with E-state index < -0.39 is 10.0 Å². The van der Waals surface area contributed by atoms with Crippen molar-refractivity contribution in [2.24, 2.45) is 0 Å². The van der Waals surface area contributed by atoms with Crippen LogP contribution in [0.2, 0.25) is 10.0 Å². The number of benzene rings is 3. The van der Waals surface area contributed by atoms with Gasteiger partial charge in [0.25, 0.3) is 0 Å². The minimum absolute atomic E-state index is 0.0797. The summed E-state index contributed by atoms with van der Waals surface area (Å²) in [5.74, 6) is 1.02. The molecule has 182 valence electrons. The molecule has 1 aromatic heterocycles. The van der Waals surface area contributed by atoms with Gasteiger partial charge in [0.2, 0.25) is 10.0 Å². The van der Waals surface area contributed by atoms with Gasteiger partial charge < -0.3 is 4.74 Å². The van der Waals surface area contributed by atoms with E-state index in [-0.39, 0.29) is 17.3 Å². The van der Waals surface area contributed by atoms with Gasteiger partial charge in [-0.3, -0.25) is 4.57 Å². The Bertz CT molecular complexity index is 1430. The molecule has 3 aromatic carbocycles. The van der Waals surface area contributed by atoms with Crippen LogP contribution in [0.5, 0.6) is 5.75 Å². The summed E-state index contributed by atoms with van der Waals surface area (Å²) in [6.07, 6.45) is 0. The van der Waals surface area contributed by atoms with Gasteiger partial charge in [-0.25, -0.2) is 17.5 Å². The summed E-state index contributed by atoms with van der Waals surface area (Å²) in [5.41, 5.74) is 1.38. The molecule has 1 N–H and O–H groups in total. The Labute approximate surface area is 216 Å². The first kappa shape index (κ1) is 25.5. The fraction of sp³-hybridized carbons (Fsp3) is 0.130. The molecular formula is C23H19Cl2FN4O3S2. The van der Waals surface area contributed by atoms with Crippen molar-refractivity contribution >= 4 is 45.0 Å². The Balaban J connectivity index is 1.63. The molecule has 0 atom stereocenters. The van der Waals surface area contributed by atoms with Crippen LogP contribution in [-0.4, -0.2) is 30.3 Å². The molecule has 1 heterocycles. The van der Waals surface area contributed by atoms with Crippen molar-refractivity contribution in [3.05, 3.63) is 94.0 Å². The van der Waals surface area contributed by atoms with Gasteiger partial charge in [0, 0.05) is 10.8 Å². The second-order valence-corrected chi connectivity index (χ2v) is 10.8. The van der Waals surface area contributed by atoms with E-state index in [0.29, 0.717) is 38.2 Å². The predicted molar refractivity (Wildman–Crippen MR) is 134 cm³/mol. The number of aromatic nitrogens is 3. The molecule has 0 saturated carbocycles. The lowest BCUT2D eigenvalue weighted by Crippen LogP contribution is -2.25. The van der Waals surface area contributed by atoms with E-state index in [0.717, 1.165) is 5.56 Å². The summed E-state index contributed by atoms with van der Waals surface area (Å²) in [6.45, 7) is -0.151. The zero-order valence-corrected chi connectivity index (χ0v) is 21.4. The molecule has 0 saturated heterocycles. The molecule has 7 nitrogen and oxygen atoms in total. The highest BCUT2D eigenvalue weighted by atomic mass is 35.5. The third-order valence-electron chi connectivity index (χ3n) is 4.92. The molecule has 12 heteroatoms. The monoisotopic (exact) mass is 552 g/mol. The zero-order chi connectivity index (χ0) is 25.0. The summed E-state index contributed by atoms with van der Waals surface area (Å²) in [5, 5.41) is 9.74. The van der Waals surface area contributed by atoms with Crippen LogP contribution in [0.25, 0.3) is 5.69 Å². The summed E-state index contributed by atoms with van der Waals surface area (Å²) in [6, 6.07) is 17.1. The van der Waals surface area contributed by atoms with E-state index in [2.05, 4.69) is 14.9 Å². The van der Waals surface area contributed by atoms with E-state index in [9.17, 15) is 12.8 Å². The lowest BCUT2D eigenvalue weighted by atomic mass is 10.2. The van der Waals surface area contributed by atoms with Crippen molar-refractivity contribution in [2.45, 2.75) is 22.3 Å². The fourth-order valence-electron chi connectivity index (χ4n) is 3.13. The molecule has 0 aliphatic heterocycles. The smallest absolute Gasteiger partial charge is 0.240 e. The van der Waals surface area contributed by atoms with Crippen molar-refractivity contribution in [3.63, 3.8) is 0 Å². The molecule has 0 aliphatic rings. The molecule has 0 spiro atoms. The Morgan fingerprint density at radius 2 is 1.74 bits per heavy atom. The average Bonchev–Trinajstić information content (AvgIpc) is 3.26. The number of ether oxygens (including phenoxy) is 1. The van der Waals surface area contributed by atoms with Crippen LogP contribution in [0.3, 0.4) is 0 Å². The number of halogens is 3. The molecule has 0 aliphatic carbocycles. The Morgan fingerprint density at radius 3 is 2.43 bits per heavy atom. The lowest BCUT2D eigenvalue weighted by Gasteiger charge is -2.13. The van der Waals surface area contributed by atoms with E-state index in [1.165, 1.54) is 43.1 Å². The van der Waals surface area contributed by atoms with Gasteiger partial charge in [-0.2, -0.15) is 0 Å². The van der Waals surface area contributed by atoms with Crippen LogP contribution in [0.1, 0.15) is 11.4 Å². The van der Waals surface area contributed by atoms with Crippen molar-refractivity contribution in [1.29, 1.82) is 0 Å². The number of hydrogen-bond acceptors (Lipinski definition) is 6. The van der Waals surface area contributed by atoms with Gasteiger partial charge in [-0.1, -0.05) is 47.1 Å². The molecule has 0 fully saturated rings. The van der Waals surface area contributed by atoms with E-state index >= 15 is 0 Å². The number of sulfonamides is 1. The van der Waals surface area contributed by atoms with Gasteiger partial charge in [0.1, 0.15) is 11.6 Å². The van der Waals surface area contributed by atoms with Crippen LogP contribution >= 0.6 is 35.0 Å². The van der Waals surface area contributed by atoms with Gasteiger partial charge in [0.05, 0.1) is 29.3 Å². The van der Waals surface area contributed by atoms with Crippen molar-refractivity contribution in [1.82, 2.24) is 19.5 Å². The second kappa shape index (κ2) is 11.0. The standard InChI is InChI=1S/C23H19Cl2FN4O3S2/c1-33-18-7-9-19(10-8-18)35(31,32)27-13-22-28-29-23(34-14-15-2-5-17(26)6-3-15)30(22)21-12-16(24)4-11-20(21)25/h2-12,27H,13-14H2,1H3. The minimum Gasteiger partial charge on any atom is -0.497 e. The maximum absolute atomic E-state index is 13.2. The molecular weight excluding hydrogens is 534 g/mol. The molecule has 35 heavy (non-hydrogen) atoms. The first-order chi connectivity index (χ1) is 16.8. The number of rotatable bonds is 9. The SMILES string of the molecule is COc1ccc(S(=O)(=O)NCc2nnc(SCc3ccc(F)cc3)n2-c2cc(Cl)ccc2Cl)cc1. The van der Waals surface area contributed by atoms with Crippen LogP contribution in [0.15, 0.2) is 76.8 Å². The number of hydrogen-bond donors (Lipinski definition) is 1. The highest BCUT2D eigenvalue weighted by Crippen LogP contribution is 2.31. The van der Waals surface area contributed by atoms with Gasteiger partial charge in [-0.05, 0) is 60.2 Å².